The Balaban J connectivity index is 1.22. The van der Waals surface area contributed by atoms with Crippen LogP contribution >= 0.6 is 0 Å². The van der Waals surface area contributed by atoms with E-state index in [-0.39, 0.29) is 18.0 Å². The van der Waals surface area contributed by atoms with Crippen LogP contribution in [0.2, 0.25) is 0 Å². The predicted molar refractivity (Wildman–Crippen MR) is 120 cm³/mol. The molecule has 0 spiro atoms. The van der Waals surface area contributed by atoms with Crippen LogP contribution in [0.5, 0.6) is 0 Å². The summed E-state index contributed by atoms with van der Waals surface area (Å²) in [5.74, 6) is 1.53. The summed E-state index contributed by atoms with van der Waals surface area (Å²) in [6.07, 6.45) is 10.5. The summed E-state index contributed by atoms with van der Waals surface area (Å²) in [6, 6.07) is 1.51. The van der Waals surface area contributed by atoms with E-state index in [0.29, 0.717) is 38.2 Å². The zero-order chi connectivity index (χ0) is 21.7. The molecule has 1 aromatic rings. The Hall–Kier alpha value is -1.93. The molecule has 172 valence electrons. The van der Waals surface area contributed by atoms with Gasteiger partial charge in [0.05, 0.1) is 18.5 Å². The fourth-order valence-corrected chi connectivity index (χ4v) is 4.90. The van der Waals surface area contributed by atoms with Crippen LogP contribution in [0.25, 0.3) is 0 Å². The van der Waals surface area contributed by atoms with Crippen molar-refractivity contribution in [2.45, 2.75) is 69.9 Å². The predicted octanol–water partition coefficient (Wildman–Crippen LogP) is 1.68. The van der Waals surface area contributed by atoms with Gasteiger partial charge in [-0.15, -0.1) is 0 Å². The molecule has 4 rings (SSSR count). The molecular formula is C23H37N5O3. The van der Waals surface area contributed by atoms with Crippen molar-refractivity contribution in [3.8, 4) is 0 Å². The first-order valence-corrected chi connectivity index (χ1v) is 12.0. The van der Waals surface area contributed by atoms with Crippen molar-refractivity contribution >= 4 is 11.7 Å². The lowest BCUT2D eigenvalue weighted by molar-refractivity contribution is -0.136. The van der Waals surface area contributed by atoms with Crippen LogP contribution in [0.1, 0.15) is 57.8 Å². The number of hydrogen-bond acceptors (Lipinski definition) is 6. The summed E-state index contributed by atoms with van der Waals surface area (Å²) in [5.41, 5.74) is -1.13. The molecule has 3 fully saturated rings. The van der Waals surface area contributed by atoms with Crippen LogP contribution in [-0.2, 0) is 11.3 Å². The number of hydrogen-bond donors (Lipinski definition) is 2. The highest BCUT2D eigenvalue weighted by molar-refractivity contribution is 5.76. The zero-order valence-corrected chi connectivity index (χ0v) is 18.6. The minimum absolute atomic E-state index is 0.161. The average molecular weight is 432 g/mol. The second-order valence-electron chi connectivity index (χ2n) is 9.66. The summed E-state index contributed by atoms with van der Waals surface area (Å²) < 4.78 is 1.49. The van der Waals surface area contributed by atoms with Crippen LogP contribution in [0.4, 0.5) is 5.82 Å². The van der Waals surface area contributed by atoms with E-state index < -0.39 is 5.60 Å². The zero-order valence-electron chi connectivity index (χ0n) is 18.6. The molecule has 8 nitrogen and oxygen atoms in total. The molecule has 1 aliphatic carbocycles. The maximum atomic E-state index is 12.5. The van der Waals surface area contributed by atoms with E-state index in [2.05, 4.69) is 15.2 Å². The summed E-state index contributed by atoms with van der Waals surface area (Å²) in [4.78, 5) is 33.6. The van der Waals surface area contributed by atoms with Gasteiger partial charge in [-0.25, -0.2) is 4.98 Å². The van der Waals surface area contributed by atoms with Crippen LogP contribution < -0.4 is 10.9 Å². The first kappa shape index (κ1) is 22.3. The van der Waals surface area contributed by atoms with E-state index in [4.69, 9.17) is 0 Å². The molecule has 0 aromatic carbocycles. The van der Waals surface area contributed by atoms with Gasteiger partial charge < -0.3 is 20.2 Å². The van der Waals surface area contributed by atoms with Crippen molar-refractivity contribution in [2.75, 3.05) is 44.6 Å². The Kier molecular flexibility index (Phi) is 7.27. The van der Waals surface area contributed by atoms with Gasteiger partial charge in [0, 0.05) is 38.7 Å². The number of anilines is 1. The molecule has 2 saturated heterocycles. The highest BCUT2D eigenvalue weighted by Crippen LogP contribution is 2.31. The lowest BCUT2D eigenvalue weighted by Gasteiger charge is -2.38. The van der Waals surface area contributed by atoms with Crippen molar-refractivity contribution < 1.29 is 9.90 Å². The van der Waals surface area contributed by atoms with E-state index in [1.54, 1.807) is 0 Å². The number of aromatic nitrogens is 2. The Morgan fingerprint density at radius 3 is 2.55 bits per heavy atom. The molecule has 8 heteroatoms. The third-order valence-electron chi connectivity index (χ3n) is 7.32. The molecule has 0 bridgehead atoms. The van der Waals surface area contributed by atoms with Gasteiger partial charge in [-0.05, 0) is 51.1 Å². The third kappa shape index (κ3) is 6.07. The number of likely N-dealkylation sites (tertiary alicyclic amines) is 2. The number of carbonyl (C=O) groups excluding carboxylic acids is 1. The van der Waals surface area contributed by atoms with Crippen LogP contribution in [0.15, 0.2) is 17.2 Å². The third-order valence-corrected chi connectivity index (χ3v) is 7.32. The second-order valence-corrected chi connectivity index (χ2v) is 9.66. The van der Waals surface area contributed by atoms with E-state index in [1.165, 1.54) is 49.1 Å². The molecule has 0 unspecified atom stereocenters. The Morgan fingerprint density at radius 2 is 1.90 bits per heavy atom. The number of carbonyl (C=O) groups is 1. The SMILES string of the molecule is O=C(CCC1CCC1)N1CCC(O)(Cn2cnc(NCCN3CCCC3)cc2=O)CC1. The largest absolute Gasteiger partial charge is 0.388 e. The molecule has 0 radical (unpaired) electrons. The molecular weight excluding hydrogens is 394 g/mol. The van der Waals surface area contributed by atoms with E-state index >= 15 is 0 Å². The lowest BCUT2D eigenvalue weighted by Crippen LogP contribution is -2.49. The molecule has 0 atom stereocenters. The lowest BCUT2D eigenvalue weighted by atomic mass is 9.82. The average Bonchev–Trinajstić information content (AvgIpc) is 3.23. The van der Waals surface area contributed by atoms with Crippen molar-refractivity contribution in [2.24, 2.45) is 5.92 Å². The smallest absolute Gasteiger partial charge is 0.255 e. The minimum atomic E-state index is -0.971. The van der Waals surface area contributed by atoms with Crippen molar-refractivity contribution in [3.63, 3.8) is 0 Å². The monoisotopic (exact) mass is 431 g/mol. The Bertz CT molecular complexity index is 793. The minimum Gasteiger partial charge on any atom is -0.388 e. The molecule has 3 heterocycles. The summed E-state index contributed by atoms with van der Waals surface area (Å²) >= 11 is 0. The molecule has 3 aliphatic rings. The Morgan fingerprint density at radius 1 is 1.16 bits per heavy atom. The molecule has 2 N–H and O–H groups in total. The summed E-state index contributed by atoms with van der Waals surface area (Å²) in [6.45, 7) is 5.36. The second kappa shape index (κ2) is 10.1. The number of rotatable bonds is 9. The molecule has 2 aliphatic heterocycles. The Labute approximate surface area is 184 Å². The van der Waals surface area contributed by atoms with Gasteiger partial charge >= 0.3 is 0 Å². The molecule has 31 heavy (non-hydrogen) atoms. The highest BCUT2D eigenvalue weighted by atomic mass is 16.3. The van der Waals surface area contributed by atoms with Crippen LogP contribution in [0, 0.1) is 5.92 Å². The van der Waals surface area contributed by atoms with E-state index in [9.17, 15) is 14.7 Å². The van der Waals surface area contributed by atoms with E-state index in [0.717, 1.165) is 38.5 Å². The fraction of sp³-hybridized carbons (Fsp3) is 0.783. The van der Waals surface area contributed by atoms with Crippen LogP contribution in [0.3, 0.4) is 0 Å². The fourth-order valence-electron chi connectivity index (χ4n) is 4.90. The highest BCUT2D eigenvalue weighted by Gasteiger charge is 2.34. The number of aliphatic hydroxyl groups is 1. The normalized spacial score (nSPS) is 21.8. The van der Waals surface area contributed by atoms with E-state index in [1.807, 2.05) is 4.90 Å². The summed E-state index contributed by atoms with van der Waals surface area (Å²) in [5, 5.41) is 14.2. The van der Waals surface area contributed by atoms with Crippen molar-refractivity contribution in [1.82, 2.24) is 19.4 Å². The first-order valence-electron chi connectivity index (χ1n) is 12.0. The van der Waals surface area contributed by atoms with Gasteiger partial charge in [-0.1, -0.05) is 19.3 Å². The number of piperidine rings is 1. The molecule has 1 saturated carbocycles. The standard InChI is InChI=1S/C23H37N5O3/c29-21(7-6-19-4-3-5-19)27-13-8-23(31,9-14-27)17-28-18-25-20(16-22(28)30)24-10-15-26-11-1-2-12-26/h16,18-19,24,31H,1-15,17H2. The van der Waals surface area contributed by atoms with Gasteiger partial charge in [-0.3, -0.25) is 14.2 Å². The quantitative estimate of drug-likeness (QED) is 0.618. The first-order chi connectivity index (χ1) is 15.0. The number of nitrogens with zero attached hydrogens (tertiary/aromatic N) is 4. The van der Waals surface area contributed by atoms with Crippen molar-refractivity contribution in [1.29, 1.82) is 0 Å². The number of nitrogens with one attached hydrogen (secondary N) is 1. The van der Waals surface area contributed by atoms with Crippen molar-refractivity contribution in [3.05, 3.63) is 22.7 Å². The topological polar surface area (TPSA) is 90.7 Å². The number of amides is 1. The van der Waals surface area contributed by atoms with Gasteiger partial charge in [-0.2, -0.15) is 0 Å². The maximum Gasteiger partial charge on any atom is 0.255 e. The van der Waals surface area contributed by atoms with Crippen LogP contribution in [-0.4, -0.2) is 75.2 Å². The maximum absolute atomic E-state index is 12.5. The summed E-state index contributed by atoms with van der Waals surface area (Å²) in [7, 11) is 0. The molecule has 1 aromatic heterocycles. The van der Waals surface area contributed by atoms with Gasteiger partial charge in [0.1, 0.15) is 5.82 Å². The molecule has 1 amide bonds. The van der Waals surface area contributed by atoms with Gasteiger partial charge in [0.15, 0.2) is 0 Å². The van der Waals surface area contributed by atoms with Gasteiger partial charge in [0.2, 0.25) is 5.91 Å². The van der Waals surface area contributed by atoms with Gasteiger partial charge in [0.25, 0.3) is 5.56 Å².